The third-order valence-corrected chi connectivity index (χ3v) is 12.3. The zero-order valence-electron chi connectivity index (χ0n) is 28.1. The number of methoxy groups -OCH3 is 1. The Morgan fingerprint density at radius 3 is 2.49 bits per heavy atom. The van der Waals surface area contributed by atoms with E-state index in [4.69, 9.17) is 18.9 Å². The molecule has 2 aromatic carbocycles. The number of amidine groups is 1. The monoisotopic (exact) mass is 645 g/mol. The standard InChI is InChI=1S/C38H48FN3O5/c1-4-46-31-18-27-32(33(39)35(31)47-5-2)36(40)42(38(27)9-10-38)22-30(43)25-16-28(34(44-3)29(17-25)41-11-13-45-14-12-41)37-19-23-7-6-8-24(20-37)26(15-23)21-37/h16-18,23-24,26,40H,4-15,19-22H2,1-3H3. The molecule has 8 nitrogen and oxygen atoms in total. The van der Waals surface area contributed by atoms with Crippen molar-refractivity contribution >= 4 is 17.3 Å². The van der Waals surface area contributed by atoms with Crippen molar-refractivity contribution in [2.75, 3.05) is 58.1 Å². The molecule has 252 valence electrons. The van der Waals surface area contributed by atoms with E-state index in [0.29, 0.717) is 31.1 Å². The fourth-order valence-electron chi connectivity index (χ4n) is 10.3. The summed E-state index contributed by atoms with van der Waals surface area (Å²) in [5.74, 6) is 2.97. The number of nitrogens with one attached hydrogen (secondary N) is 1. The van der Waals surface area contributed by atoms with Crippen LogP contribution in [0, 0.1) is 29.0 Å². The van der Waals surface area contributed by atoms with E-state index in [2.05, 4.69) is 11.0 Å². The molecule has 2 aliphatic heterocycles. The lowest BCUT2D eigenvalue weighted by atomic mass is 9.65. The second-order valence-corrected chi connectivity index (χ2v) is 14.8. The van der Waals surface area contributed by atoms with E-state index in [-0.39, 0.29) is 41.5 Å². The molecule has 1 spiro atoms. The van der Waals surface area contributed by atoms with Crippen molar-refractivity contribution in [3.8, 4) is 17.2 Å². The highest BCUT2D eigenvalue weighted by molar-refractivity contribution is 6.08. The Bertz CT molecular complexity index is 1600. The van der Waals surface area contributed by atoms with Gasteiger partial charge in [-0.15, -0.1) is 0 Å². The quantitative estimate of drug-likeness (QED) is 0.283. The Labute approximate surface area is 277 Å². The van der Waals surface area contributed by atoms with E-state index in [0.717, 1.165) is 67.1 Å². The summed E-state index contributed by atoms with van der Waals surface area (Å²) in [6.07, 6.45) is 10.3. The van der Waals surface area contributed by atoms with Crippen LogP contribution < -0.4 is 19.1 Å². The number of ketones is 1. The molecular weight excluding hydrogens is 597 g/mol. The highest BCUT2D eigenvalue weighted by Gasteiger charge is 2.59. The van der Waals surface area contributed by atoms with E-state index in [1.165, 1.54) is 44.1 Å². The smallest absolute Gasteiger partial charge is 0.197 e. The molecule has 2 heterocycles. The van der Waals surface area contributed by atoms with Crippen LogP contribution in [0.4, 0.5) is 10.1 Å². The highest BCUT2D eigenvalue weighted by atomic mass is 19.1. The van der Waals surface area contributed by atoms with E-state index >= 15 is 4.39 Å². The number of carbonyl (C=O) groups excluding carboxylic acids is 1. The lowest BCUT2D eigenvalue weighted by Crippen LogP contribution is -2.39. The molecule has 9 heteroatoms. The first kappa shape index (κ1) is 31.0. The summed E-state index contributed by atoms with van der Waals surface area (Å²) < 4.78 is 39.6. The minimum absolute atomic E-state index is 0.0100. The number of anilines is 1. The Hall–Kier alpha value is -3.33. The molecule has 8 rings (SSSR count). The van der Waals surface area contributed by atoms with Gasteiger partial charge >= 0.3 is 0 Å². The summed E-state index contributed by atoms with van der Waals surface area (Å²) in [4.78, 5) is 18.7. The molecule has 6 aliphatic rings. The number of benzene rings is 2. The fourth-order valence-corrected chi connectivity index (χ4v) is 10.3. The van der Waals surface area contributed by atoms with E-state index in [1.807, 2.05) is 24.0 Å². The average molecular weight is 646 g/mol. The fraction of sp³-hybridized carbons (Fsp3) is 0.632. The maximum atomic E-state index is 16.1. The minimum Gasteiger partial charge on any atom is -0.494 e. The minimum atomic E-state index is -0.571. The SMILES string of the molecule is CCOc1cc2c(c(F)c1OCC)C(=N)N(CC(=O)c1cc(N3CCOCC3)c(OC)c(C34CC5CCCC(C3)C(C5)C4)c1)C21CC1. The third-order valence-electron chi connectivity index (χ3n) is 12.3. The molecule has 4 atom stereocenters. The molecule has 4 saturated carbocycles. The molecule has 0 radical (unpaired) electrons. The molecular formula is C38H48FN3O5. The zero-order valence-corrected chi connectivity index (χ0v) is 28.1. The topological polar surface area (TPSA) is 84.3 Å². The van der Waals surface area contributed by atoms with Crippen molar-refractivity contribution in [1.29, 1.82) is 5.41 Å². The molecule has 4 unspecified atom stereocenters. The first-order chi connectivity index (χ1) is 22.8. The van der Waals surface area contributed by atoms with Crippen LogP contribution in [0.2, 0.25) is 0 Å². The Morgan fingerprint density at radius 1 is 1.00 bits per heavy atom. The molecule has 0 amide bonds. The van der Waals surface area contributed by atoms with Crippen LogP contribution in [0.25, 0.3) is 0 Å². The summed E-state index contributed by atoms with van der Waals surface area (Å²) in [7, 11) is 1.78. The number of Topliss-reactive ketones (excluding diaryl/α,β-unsaturated/α-hetero) is 1. The Morgan fingerprint density at radius 2 is 1.77 bits per heavy atom. The third kappa shape index (κ3) is 4.85. The van der Waals surface area contributed by atoms with Gasteiger partial charge in [0.2, 0.25) is 0 Å². The second-order valence-electron chi connectivity index (χ2n) is 14.8. The van der Waals surface area contributed by atoms with Crippen molar-refractivity contribution < 1.29 is 28.1 Å². The van der Waals surface area contributed by atoms with Crippen molar-refractivity contribution in [1.82, 2.24) is 4.90 Å². The van der Waals surface area contributed by atoms with Gasteiger partial charge in [-0.25, -0.2) is 4.39 Å². The van der Waals surface area contributed by atoms with Crippen LogP contribution in [-0.2, 0) is 15.7 Å². The van der Waals surface area contributed by atoms with E-state index in [1.54, 1.807) is 14.0 Å². The van der Waals surface area contributed by atoms with Gasteiger partial charge in [0.1, 0.15) is 11.6 Å². The summed E-state index contributed by atoms with van der Waals surface area (Å²) in [5, 5.41) is 9.18. The number of rotatable bonds is 10. The molecule has 1 N–H and O–H groups in total. The van der Waals surface area contributed by atoms with E-state index < -0.39 is 11.4 Å². The van der Waals surface area contributed by atoms with Gasteiger partial charge in [-0.2, -0.15) is 0 Å². The van der Waals surface area contributed by atoms with Crippen LogP contribution >= 0.6 is 0 Å². The summed E-state index contributed by atoms with van der Waals surface area (Å²) >= 11 is 0. The van der Waals surface area contributed by atoms with Crippen LogP contribution in [0.15, 0.2) is 18.2 Å². The number of morpholine rings is 1. The van der Waals surface area contributed by atoms with E-state index in [9.17, 15) is 10.2 Å². The first-order valence-corrected chi connectivity index (χ1v) is 17.9. The number of hydrogen-bond donors (Lipinski definition) is 1. The number of ether oxygens (including phenoxy) is 4. The van der Waals surface area contributed by atoms with Gasteiger partial charge in [0.05, 0.1) is 56.9 Å². The van der Waals surface area contributed by atoms with Crippen LogP contribution in [0.5, 0.6) is 17.2 Å². The second kappa shape index (κ2) is 11.7. The largest absolute Gasteiger partial charge is 0.494 e. The van der Waals surface area contributed by atoms with Gasteiger partial charge in [-0.05, 0) is 99.3 Å². The van der Waals surface area contributed by atoms with Gasteiger partial charge < -0.3 is 28.7 Å². The van der Waals surface area contributed by atoms with Crippen LogP contribution in [0.3, 0.4) is 0 Å². The number of halogens is 1. The number of hydrogen-bond acceptors (Lipinski definition) is 7. The normalized spacial score (nSPS) is 28.4. The van der Waals surface area contributed by atoms with Crippen LogP contribution in [-0.4, -0.2) is 69.7 Å². The summed E-state index contributed by atoms with van der Waals surface area (Å²) in [5.41, 5.74) is 3.23. The maximum Gasteiger partial charge on any atom is 0.197 e. The average Bonchev–Trinajstić information content (AvgIpc) is 3.81. The molecule has 5 fully saturated rings. The predicted molar refractivity (Wildman–Crippen MR) is 178 cm³/mol. The first-order valence-electron chi connectivity index (χ1n) is 17.9. The molecule has 1 saturated heterocycles. The summed E-state index contributed by atoms with van der Waals surface area (Å²) in [6, 6.07) is 5.99. The highest BCUT2D eigenvalue weighted by Crippen LogP contribution is 2.63. The molecule has 2 aromatic rings. The van der Waals surface area contributed by atoms with Gasteiger partial charge in [0.15, 0.2) is 23.1 Å². The molecule has 3 bridgehead atoms. The zero-order chi connectivity index (χ0) is 32.5. The molecule has 0 aromatic heterocycles. The van der Waals surface area contributed by atoms with Crippen molar-refractivity contribution in [2.45, 2.75) is 82.6 Å². The number of nitrogens with zero attached hydrogens (tertiary/aromatic N) is 2. The Balaban J connectivity index is 1.18. The molecule has 4 aliphatic carbocycles. The van der Waals surface area contributed by atoms with Crippen molar-refractivity contribution in [2.24, 2.45) is 17.8 Å². The summed E-state index contributed by atoms with van der Waals surface area (Å²) in [6.45, 7) is 7.10. The molecule has 47 heavy (non-hydrogen) atoms. The van der Waals surface area contributed by atoms with Gasteiger partial charge in [0, 0.05) is 24.2 Å². The Kier molecular flexibility index (Phi) is 7.69. The van der Waals surface area contributed by atoms with Gasteiger partial charge in [-0.1, -0.05) is 19.3 Å². The van der Waals surface area contributed by atoms with Gasteiger partial charge in [-0.3, -0.25) is 10.2 Å². The number of carbonyl (C=O) groups is 1. The lowest BCUT2D eigenvalue weighted by molar-refractivity contribution is 0.0943. The predicted octanol–water partition coefficient (Wildman–Crippen LogP) is 6.84. The maximum absolute atomic E-state index is 16.1. The van der Waals surface area contributed by atoms with Gasteiger partial charge in [0.25, 0.3) is 0 Å². The number of fused-ring (bicyclic) bond motifs is 4. The van der Waals surface area contributed by atoms with Crippen LogP contribution in [0.1, 0.15) is 98.7 Å². The van der Waals surface area contributed by atoms with Crippen molar-refractivity contribution in [3.63, 3.8) is 0 Å². The van der Waals surface area contributed by atoms with Crippen molar-refractivity contribution in [3.05, 3.63) is 46.3 Å². The lowest BCUT2D eigenvalue weighted by Gasteiger charge is -2.41.